The van der Waals surface area contributed by atoms with Gasteiger partial charge in [0.1, 0.15) is 10.6 Å². The molecule has 3 rings (SSSR count). The molecule has 0 unspecified atom stereocenters. The SMILES string of the molecule is C=C/C(=C(/N=C)C(=C)C)S(=O)(=O)Nc1ccc(C(=C)N2CCN(C(=O)c3cccc(C)n3)CC2)cc1C. The average Bonchev–Trinajstić information content (AvgIpc) is 2.87. The fourth-order valence-corrected chi connectivity index (χ4v) is 5.44. The summed E-state index contributed by atoms with van der Waals surface area (Å²) in [5.74, 6) is -0.0733. The molecule has 0 spiro atoms. The van der Waals surface area contributed by atoms with Gasteiger partial charge in [0.25, 0.3) is 15.9 Å². The molecule has 1 aliphatic rings. The largest absolute Gasteiger partial charge is 0.368 e. The van der Waals surface area contributed by atoms with Crippen molar-refractivity contribution in [1.29, 1.82) is 0 Å². The summed E-state index contributed by atoms with van der Waals surface area (Å²) in [5.41, 5.74) is 4.74. The predicted octanol–water partition coefficient (Wildman–Crippen LogP) is 4.54. The number of nitrogens with one attached hydrogen (secondary N) is 1. The summed E-state index contributed by atoms with van der Waals surface area (Å²) < 4.78 is 28.7. The second-order valence-electron chi connectivity index (χ2n) is 8.88. The molecule has 37 heavy (non-hydrogen) atoms. The molecule has 1 aliphatic heterocycles. The van der Waals surface area contributed by atoms with Gasteiger partial charge in [-0.05, 0) is 74.5 Å². The third kappa shape index (κ3) is 6.24. The van der Waals surface area contributed by atoms with Crippen LogP contribution < -0.4 is 4.72 Å². The lowest BCUT2D eigenvalue weighted by atomic mass is 10.1. The van der Waals surface area contributed by atoms with Crippen molar-refractivity contribution < 1.29 is 13.2 Å². The topological polar surface area (TPSA) is 95.0 Å². The highest BCUT2D eigenvalue weighted by Gasteiger charge is 2.25. The molecule has 0 atom stereocenters. The van der Waals surface area contributed by atoms with Gasteiger partial charge in [-0.25, -0.2) is 13.4 Å². The number of rotatable bonds is 9. The molecule has 1 saturated heterocycles. The molecule has 2 heterocycles. The Balaban J connectivity index is 1.71. The molecule has 0 radical (unpaired) electrons. The van der Waals surface area contributed by atoms with E-state index in [0.717, 1.165) is 22.5 Å². The molecule has 9 heteroatoms. The Hall–Kier alpha value is -3.98. The van der Waals surface area contributed by atoms with Crippen molar-refractivity contribution in [2.75, 3.05) is 30.9 Å². The monoisotopic (exact) mass is 519 g/mol. The van der Waals surface area contributed by atoms with Gasteiger partial charge in [-0.15, -0.1) is 0 Å². The number of benzene rings is 1. The number of hydrogen-bond donors (Lipinski definition) is 1. The number of carbonyl (C=O) groups is 1. The number of hydrogen-bond acceptors (Lipinski definition) is 6. The van der Waals surface area contributed by atoms with E-state index in [0.29, 0.717) is 43.1 Å². The molecule has 8 nitrogen and oxygen atoms in total. The Kier molecular flexibility index (Phi) is 8.49. The van der Waals surface area contributed by atoms with Gasteiger partial charge in [0.05, 0.1) is 11.4 Å². The van der Waals surface area contributed by atoms with E-state index in [4.69, 9.17) is 0 Å². The molecule has 2 aromatic rings. The minimum absolute atomic E-state index is 0.0733. The standard InChI is InChI=1S/C28H33N5O3S/c1-8-26(27(29-7)19(2)3)37(35,36)31-24-13-12-23(18-20(24)4)22(6)32-14-16-33(17-15-32)28(34)25-11-9-10-21(5)30-25/h8-13,18,31H,1-2,6-7,14-17H2,3-5H3/b27-26-. The Labute approximate surface area is 219 Å². The van der Waals surface area contributed by atoms with Crippen LogP contribution in [0.15, 0.2) is 83.4 Å². The predicted molar refractivity (Wildman–Crippen MR) is 151 cm³/mol. The van der Waals surface area contributed by atoms with E-state index in [-0.39, 0.29) is 16.5 Å². The molecule has 1 aromatic heterocycles. The normalized spacial score (nSPS) is 14.5. The summed E-state index contributed by atoms with van der Waals surface area (Å²) in [4.78, 5) is 24.8. The van der Waals surface area contributed by atoms with Crippen LogP contribution in [0.4, 0.5) is 5.69 Å². The average molecular weight is 520 g/mol. The molecule has 1 N–H and O–H groups in total. The third-order valence-corrected chi connectivity index (χ3v) is 7.56. The summed E-state index contributed by atoms with van der Waals surface area (Å²) >= 11 is 0. The molecule has 0 bridgehead atoms. The van der Waals surface area contributed by atoms with Crippen LogP contribution >= 0.6 is 0 Å². The van der Waals surface area contributed by atoms with Crippen molar-refractivity contribution in [1.82, 2.24) is 14.8 Å². The van der Waals surface area contributed by atoms with Crippen LogP contribution in [0, 0.1) is 13.8 Å². The number of amides is 1. The van der Waals surface area contributed by atoms with Crippen LogP contribution in [0.5, 0.6) is 0 Å². The Bertz CT molecular complexity index is 1400. The smallest absolute Gasteiger partial charge is 0.272 e. The molecule has 0 saturated carbocycles. The fraction of sp³-hybridized carbons (Fsp3) is 0.250. The number of aryl methyl sites for hydroxylation is 2. The van der Waals surface area contributed by atoms with Gasteiger partial charge >= 0.3 is 0 Å². The highest BCUT2D eigenvalue weighted by molar-refractivity contribution is 7.96. The van der Waals surface area contributed by atoms with Gasteiger partial charge in [0.15, 0.2) is 0 Å². The van der Waals surface area contributed by atoms with E-state index in [1.807, 2.05) is 38.1 Å². The van der Waals surface area contributed by atoms with E-state index in [1.165, 1.54) is 6.08 Å². The number of sulfonamides is 1. The molecule has 1 amide bonds. The van der Waals surface area contributed by atoms with Gasteiger partial charge in [-0.2, -0.15) is 0 Å². The van der Waals surface area contributed by atoms with Crippen LogP contribution in [0.1, 0.15) is 34.2 Å². The van der Waals surface area contributed by atoms with Gasteiger partial charge < -0.3 is 9.80 Å². The molecule has 1 aromatic carbocycles. The zero-order chi connectivity index (χ0) is 27.3. The molecule has 194 valence electrons. The van der Waals surface area contributed by atoms with Crippen molar-refractivity contribution in [3.8, 4) is 0 Å². The van der Waals surface area contributed by atoms with Gasteiger partial charge in [0.2, 0.25) is 0 Å². The van der Waals surface area contributed by atoms with Crippen LogP contribution in [-0.4, -0.2) is 62.0 Å². The van der Waals surface area contributed by atoms with Gasteiger partial charge in [-0.1, -0.05) is 31.9 Å². The Morgan fingerprint density at radius 1 is 1.08 bits per heavy atom. The maximum atomic E-state index is 13.0. The van der Waals surface area contributed by atoms with Gasteiger partial charge in [-0.3, -0.25) is 14.5 Å². The lowest BCUT2D eigenvalue weighted by molar-refractivity contribution is 0.0680. The van der Waals surface area contributed by atoms with Crippen molar-refractivity contribution >= 4 is 34.0 Å². The van der Waals surface area contributed by atoms with Crippen LogP contribution in [0.25, 0.3) is 5.70 Å². The van der Waals surface area contributed by atoms with Gasteiger partial charge in [0, 0.05) is 37.6 Å². The van der Waals surface area contributed by atoms with Crippen molar-refractivity contribution in [2.24, 2.45) is 4.99 Å². The Morgan fingerprint density at radius 2 is 1.73 bits per heavy atom. The van der Waals surface area contributed by atoms with E-state index in [2.05, 4.69) is 46.1 Å². The second-order valence-corrected chi connectivity index (χ2v) is 10.5. The quantitative estimate of drug-likeness (QED) is 0.388. The number of allylic oxidation sites excluding steroid dienone is 2. The third-order valence-electron chi connectivity index (χ3n) is 6.13. The lowest BCUT2D eigenvalue weighted by Crippen LogP contribution is -2.48. The molecular formula is C28H33N5O3S. The van der Waals surface area contributed by atoms with Crippen molar-refractivity contribution in [3.05, 3.63) is 101 Å². The first-order valence-corrected chi connectivity index (χ1v) is 13.3. The number of aliphatic imine (C=N–C) groups is 1. The molecular weight excluding hydrogens is 486 g/mol. The zero-order valence-electron chi connectivity index (χ0n) is 21.6. The summed E-state index contributed by atoms with van der Waals surface area (Å²) in [6.07, 6.45) is 1.23. The summed E-state index contributed by atoms with van der Waals surface area (Å²) in [6, 6.07) is 10.9. The number of pyridine rings is 1. The summed E-state index contributed by atoms with van der Waals surface area (Å²) in [7, 11) is -3.96. The number of aromatic nitrogens is 1. The minimum Gasteiger partial charge on any atom is -0.368 e. The van der Waals surface area contributed by atoms with Crippen LogP contribution in [0.2, 0.25) is 0 Å². The first kappa shape index (κ1) is 27.6. The Morgan fingerprint density at radius 3 is 2.27 bits per heavy atom. The minimum atomic E-state index is -3.96. The van der Waals surface area contributed by atoms with Crippen LogP contribution in [0.3, 0.4) is 0 Å². The van der Waals surface area contributed by atoms with E-state index < -0.39 is 10.0 Å². The van der Waals surface area contributed by atoms with E-state index in [1.54, 1.807) is 24.0 Å². The number of anilines is 1. The van der Waals surface area contributed by atoms with Crippen molar-refractivity contribution in [3.63, 3.8) is 0 Å². The highest BCUT2D eigenvalue weighted by atomic mass is 32.2. The maximum Gasteiger partial charge on any atom is 0.272 e. The molecule has 1 fully saturated rings. The summed E-state index contributed by atoms with van der Waals surface area (Å²) in [6.45, 7) is 22.8. The lowest BCUT2D eigenvalue weighted by Gasteiger charge is -2.37. The number of piperazine rings is 1. The first-order chi connectivity index (χ1) is 17.5. The fourth-order valence-electron chi connectivity index (χ4n) is 4.10. The van der Waals surface area contributed by atoms with E-state index in [9.17, 15) is 13.2 Å². The molecule has 0 aliphatic carbocycles. The second kappa shape index (κ2) is 11.4. The van der Waals surface area contributed by atoms with Crippen LogP contribution in [-0.2, 0) is 10.0 Å². The maximum absolute atomic E-state index is 13.0. The number of carbonyl (C=O) groups excluding carboxylic acids is 1. The zero-order valence-corrected chi connectivity index (χ0v) is 22.4. The van der Waals surface area contributed by atoms with E-state index >= 15 is 0 Å². The first-order valence-electron chi connectivity index (χ1n) is 11.8. The number of nitrogens with zero attached hydrogens (tertiary/aromatic N) is 4. The summed E-state index contributed by atoms with van der Waals surface area (Å²) in [5, 5.41) is 0. The highest BCUT2D eigenvalue weighted by Crippen LogP contribution is 2.27. The van der Waals surface area contributed by atoms with Crippen molar-refractivity contribution in [2.45, 2.75) is 20.8 Å².